The highest BCUT2D eigenvalue weighted by Gasteiger charge is 2.25. The van der Waals surface area contributed by atoms with Crippen LogP contribution in [0, 0.1) is 5.92 Å². The molecule has 0 saturated heterocycles. The molecule has 1 aromatic rings. The molecule has 1 saturated carbocycles. The third kappa shape index (κ3) is 5.38. The van der Waals surface area contributed by atoms with Gasteiger partial charge in [-0.25, -0.2) is 4.79 Å². The molecule has 0 radical (unpaired) electrons. The van der Waals surface area contributed by atoms with Gasteiger partial charge in [0.15, 0.2) is 0 Å². The van der Waals surface area contributed by atoms with Crippen LogP contribution in [0.25, 0.3) is 0 Å². The Morgan fingerprint density at radius 3 is 2.77 bits per heavy atom. The minimum Gasteiger partial charge on any atom is -0.456 e. The van der Waals surface area contributed by atoms with Gasteiger partial charge in [0.2, 0.25) is 0 Å². The van der Waals surface area contributed by atoms with E-state index < -0.39 is 0 Å². The molecule has 2 unspecified atom stereocenters. The van der Waals surface area contributed by atoms with Gasteiger partial charge in [0.05, 0.1) is 6.04 Å². The zero-order chi connectivity index (χ0) is 15.9. The molecule has 0 heterocycles. The van der Waals surface area contributed by atoms with Crippen LogP contribution in [0.5, 0.6) is 0 Å². The van der Waals surface area contributed by atoms with Gasteiger partial charge >= 0.3 is 5.97 Å². The molecule has 1 fully saturated rings. The number of rotatable bonds is 4. The van der Waals surface area contributed by atoms with Gasteiger partial charge in [-0.2, -0.15) is 0 Å². The van der Waals surface area contributed by atoms with Crippen molar-refractivity contribution in [3.05, 3.63) is 35.9 Å². The number of benzene rings is 1. The second-order valence-corrected chi connectivity index (χ2v) is 7.73. The lowest BCUT2D eigenvalue weighted by Gasteiger charge is -2.18. The Bertz CT molecular complexity index is 515. The van der Waals surface area contributed by atoms with Crippen molar-refractivity contribution >= 4 is 34.3 Å². The van der Waals surface area contributed by atoms with Gasteiger partial charge in [0, 0.05) is 3.92 Å². The summed E-state index contributed by atoms with van der Waals surface area (Å²) in [6.45, 7) is 4.35. The zero-order valence-corrected chi connectivity index (χ0v) is 15.5. The van der Waals surface area contributed by atoms with Crippen LogP contribution in [0.1, 0.15) is 45.1 Å². The summed E-state index contributed by atoms with van der Waals surface area (Å²) in [7, 11) is 0. The Balaban J connectivity index is 1.93. The molecule has 1 aliphatic rings. The standard InChI is InChI=1S/C18H24INO2/c1-13-7-6-10-16(19)17(11-13)20-14(2)18(21)22-12-15-8-4-3-5-9-15/h3-5,8-9,13,16-17H,6-7,10-12H2,1-2H3/b20-14-/t13?,16?,17-/m1/s1. The maximum absolute atomic E-state index is 12.1. The molecule has 0 aliphatic heterocycles. The highest BCUT2D eigenvalue weighted by Crippen LogP contribution is 2.30. The largest absolute Gasteiger partial charge is 0.456 e. The molecule has 0 N–H and O–H groups in total. The summed E-state index contributed by atoms with van der Waals surface area (Å²) >= 11 is 2.48. The molecule has 22 heavy (non-hydrogen) atoms. The first kappa shape index (κ1) is 17.4. The van der Waals surface area contributed by atoms with E-state index in [-0.39, 0.29) is 12.0 Å². The Hall–Kier alpha value is -0.910. The molecule has 0 bridgehead atoms. The van der Waals surface area contributed by atoms with E-state index in [1.807, 2.05) is 30.3 Å². The summed E-state index contributed by atoms with van der Waals surface area (Å²) in [4.78, 5) is 16.8. The summed E-state index contributed by atoms with van der Waals surface area (Å²) in [6, 6.07) is 9.98. The lowest BCUT2D eigenvalue weighted by Crippen LogP contribution is -2.23. The summed E-state index contributed by atoms with van der Waals surface area (Å²) in [5.41, 5.74) is 1.50. The van der Waals surface area contributed by atoms with E-state index in [1.165, 1.54) is 19.3 Å². The lowest BCUT2D eigenvalue weighted by atomic mass is 10.0. The summed E-state index contributed by atoms with van der Waals surface area (Å²) in [5, 5.41) is 0. The van der Waals surface area contributed by atoms with E-state index in [1.54, 1.807) is 6.92 Å². The molecule has 120 valence electrons. The fraction of sp³-hybridized carbons (Fsp3) is 0.556. The maximum atomic E-state index is 12.1. The molecule has 2 rings (SSSR count). The number of nitrogens with zero attached hydrogens (tertiary/aromatic N) is 1. The second-order valence-electron chi connectivity index (χ2n) is 6.13. The van der Waals surface area contributed by atoms with Crippen molar-refractivity contribution in [2.75, 3.05) is 0 Å². The number of hydrogen-bond donors (Lipinski definition) is 0. The highest BCUT2D eigenvalue weighted by atomic mass is 127. The molecule has 0 amide bonds. The van der Waals surface area contributed by atoms with E-state index in [0.717, 1.165) is 12.0 Å². The van der Waals surface area contributed by atoms with Gasteiger partial charge in [0.25, 0.3) is 0 Å². The molecule has 0 spiro atoms. The average molecular weight is 413 g/mol. The smallest absolute Gasteiger partial charge is 0.352 e. The fourth-order valence-corrected chi connectivity index (χ4v) is 3.69. The van der Waals surface area contributed by atoms with Crippen LogP contribution in [0.2, 0.25) is 0 Å². The molecule has 0 aromatic heterocycles. The van der Waals surface area contributed by atoms with Gasteiger partial charge < -0.3 is 4.74 Å². The Morgan fingerprint density at radius 2 is 2.05 bits per heavy atom. The lowest BCUT2D eigenvalue weighted by molar-refractivity contribution is -0.136. The zero-order valence-electron chi connectivity index (χ0n) is 13.3. The van der Waals surface area contributed by atoms with E-state index >= 15 is 0 Å². The minimum atomic E-state index is -0.302. The van der Waals surface area contributed by atoms with Crippen molar-refractivity contribution in [3.63, 3.8) is 0 Å². The first-order valence-electron chi connectivity index (χ1n) is 7.95. The SMILES string of the molecule is C/C(=N/[C@@H]1CC(C)CCCC1I)C(=O)OCc1ccccc1. The van der Waals surface area contributed by atoms with Crippen molar-refractivity contribution in [1.82, 2.24) is 0 Å². The Kier molecular flexibility index (Phi) is 6.86. The van der Waals surface area contributed by atoms with Crippen molar-refractivity contribution < 1.29 is 9.53 Å². The van der Waals surface area contributed by atoms with Crippen LogP contribution in [-0.2, 0) is 16.1 Å². The molecule has 4 heteroatoms. The maximum Gasteiger partial charge on any atom is 0.352 e. The average Bonchev–Trinajstić information content (AvgIpc) is 2.67. The third-order valence-corrected chi connectivity index (χ3v) is 5.56. The predicted molar refractivity (Wildman–Crippen MR) is 98.6 cm³/mol. The first-order valence-corrected chi connectivity index (χ1v) is 9.20. The fourth-order valence-electron chi connectivity index (χ4n) is 2.79. The number of ether oxygens (including phenoxy) is 1. The van der Waals surface area contributed by atoms with Gasteiger partial charge in [-0.05, 0) is 31.2 Å². The molecular weight excluding hydrogens is 389 g/mol. The number of alkyl halides is 1. The molecule has 1 aliphatic carbocycles. The van der Waals surface area contributed by atoms with Gasteiger partial charge in [0.1, 0.15) is 12.3 Å². The number of carbonyl (C=O) groups excluding carboxylic acids is 1. The normalized spacial score (nSPS) is 26.3. The molecule has 3 nitrogen and oxygen atoms in total. The Labute approximate surface area is 146 Å². The summed E-state index contributed by atoms with van der Waals surface area (Å²) in [5.74, 6) is 0.381. The van der Waals surface area contributed by atoms with Gasteiger partial charge in [-0.3, -0.25) is 4.99 Å². The predicted octanol–water partition coefficient (Wildman–Crippen LogP) is 4.57. The monoisotopic (exact) mass is 413 g/mol. The van der Waals surface area contributed by atoms with Crippen molar-refractivity contribution in [2.24, 2.45) is 10.9 Å². The number of halogens is 1. The van der Waals surface area contributed by atoms with Crippen LogP contribution < -0.4 is 0 Å². The molecule has 1 aromatic carbocycles. The number of hydrogen-bond acceptors (Lipinski definition) is 3. The van der Waals surface area contributed by atoms with Crippen LogP contribution in [0.3, 0.4) is 0 Å². The van der Waals surface area contributed by atoms with Gasteiger partial charge in [-0.15, -0.1) is 0 Å². The topological polar surface area (TPSA) is 38.7 Å². The van der Waals surface area contributed by atoms with E-state index in [2.05, 4.69) is 34.5 Å². The number of esters is 1. The van der Waals surface area contributed by atoms with Crippen LogP contribution in [0.4, 0.5) is 0 Å². The number of carbonyl (C=O) groups is 1. The van der Waals surface area contributed by atoms with Crippen molar-refractivity contribution in [3.8, 4) is 0 Å². The van der Waals surface area contributed by atoms with Crippen molar-refractivity contribution in [2.45, 2.75) is 56.1 Å². The first-order chi connectivity index (χ1) is 10.6. The number of aliphatic imine (C=N–C) groups is 1. The van der Waals surface area contributed by atoms with Crippen molar-refractivity contribution in [1.29, 1.82) is 0 Å². The molecular formula is C18H24INO2. The van der Waals surface area contributed by atoms with Crippen LogP contribution >= 0.6 is 22.6 Å². The van der Waals surface area contributed by atoms with E-state index in [0.29, 0.717) is 22.2 Å². The van der Waals surface area contributed by atoms with E-state index in [4.69, 9.17) is 4.74 Å². The summed E-state index contributed by atoms with van der Waals surface area (Å²) in [6.07, 6.45) is 4.78. The van der Waals surface area contributed by atoms with Crippen LogP contribution in [-0.4, -0.2) is 21.6 Å². The second kappa shape index (κ2) is 8.65. The van der Waals surface area contributed by atoms with Crippen LogP contribution in [0.15, 0.2) is 35.3 Å². The third-order valence-electron chi connectivity index (χ3n) is 4.11. The summed E-state index contributed by atoms with van der Waals surface area (Å²) < 4.78 is 5.87. The minimum absolute atomic E-state index is 0.238. The molecule has 3 atom stereocenters. The van der Waals surface area contributed by atoms with E-state index in [9.17, 15) is 4.79 Å². The highest BCUT2D eigenvalue weighted by molar-refractivity contribution is 14.1. The Morgan fingerprint density at radius 1 is 1.32 bits per heavy atom. The van der Waals surface area contributed by atoms with Gasteiger partial charge in [-0.1, -0.05) is 72.7 Å². The quantitative estimate of drug-likeness (QED) is 0.239.